The first kappa shape index (κ1) is 21.1. The number of anilines is 2. The van der Waals surface area contributed by atoms with Crippen LogP contribution in [0.4, 0.5) is 11.4 Å². The quantitative estimate of drug-likeness (QED) is 0.492. The van der Waals surface area contributed by atoms with E-state index in [4.69, 9.17) is 0 Å². The topological polar surface area (TPSA) is 88.9 Å². The van der Waals surface area contributed by atoms with Crippen LogP contribution in [-0.2, 0) is 16.6 Å². The Morgan fingerprint density at radius 2 is 1.86 bits per heavy atom. The maximum Gasteiger partial charge on any atom is 0.234 e. The molecule has 3 aromatic rings. The average Bonchev–Trinajstić information content (AvgIpc) is 3.35. The fourth-order valence-electron chi connectivity index (χ4n) is 2.62. The molecule has 0 aliphatic carbocycles. The predicted molar refractivity (Wildman–Crippen MR) is 118 cm³/mol. The van der Waals surface area contributed by atoms with Crippen LogP contribution in [0.15, 0.2) is 46.9 Å². The van der Waals surface area contributed by atoms with Crippen LogP contribution in [0.5, 0.6) is 0 Å². The largest absolute Gasteiger partial charge is 0.326 e. The molecule has 2 amide bonds. The van der Waals surface area contributed by atoms with Gasteiger partial charge < -0.3 is 15.2 Å². The number of hydrogen-bond acceptors (Lipinski definition) is 6. The molecule has 0 spiro atoms. The summed E-state index contributed by atoms with van der Waals surface area (Å²) < 4.78 is 1.89. The monoisotopic (exact) mass is 429 g/mol. The van der Waals surface area contributed by atoms with Crippen molar-refractivity contribution >= 4 is 46.3 Å². The standard InChI is InChI=1S/C20H23N5O2S2/c1-3-4-10-17(26)21-14-7-5-8-15(12-14)22-18(27)13-29-20-24-23-19(25(20)2)16-9-6-11-28-16/h5-9,11-12H,3-4,10,13H2,1-2H3,(H,21,26)(H,22,27). The van der Waals surface area contributed by atoms with Crippen LogP contribution in [0.3, 0.4) is 0 Å². The van der Waals surface area contributed by atoms with Crippen molar-refractivity contribution in [2.24, 2.45) is 7.05 Å². The van der Waals surface area contributed by atoms with Gasteiger partial charge in [0.15, 0.2) is 11.0 Å². The molecule has 0 fully saturated rings. The molecule has 29 heavy (non-hydrogen) atoms. The SMILES string of the molecule is CCCCC(=O)Nc1cccc(NC(=O)CSc2nnc(-c3cccs3)n2C)c1. The van der Waals surface area contributed by atoms with Crippen molar-refractivity contribution in [1.82, 2.24) is 14.8 Å². The minimum atomic E-state index is -0.148. The molecule has 2 heterocycles. The number of nitrogens with zero attached hydrogens (tertiary/aromatic N) is 3. The first-order valence-corrected chi connectivity index (χ1v) is 11.2. The number of thiophene rings is 1. The molecule has 152 valence electrons. The Morgan fingerprint density at radius 3 is 2.55 bits per heavy atom. The van der Waals surface area contributed by atoms with Gasteiger partial charge in [0, 0.05) is 24.8 Å². The molecule has 0 saturated carbocycles. The van der Waals surface area contributed by atoms with Crippen LogP contribution < -0.4 is 10.6 Å². The number of hydrogen-bond donors (Lipinski definition) is 2. The number of benzene rings is 1. The number of carbonyl (C=O) groups excluding carboxylic acids is 2. The van der Waals surface area contributed by atoms with Crippen LogP contribution in [0, 0.1) is 0 Å². The second-order valence-electron chi connectivity index (χ2n) is 6.41. The van der Waals surface area contributed by atoms with Crippen LogP contribution in [0.2, 0.25) is 0 Å². The summed E-state index contributed by atoms with van der Waals surface area (Å²) in [6, 6.07) is 11.1. The zero-order chi connectivity index (χ0) is 20.6. The fourth-order valence-corrected chi connectivity index (χ4v) is 4.08. The second kappa shape index (κ2) is 10.2. The van der Waals surface area contributed by atoms with Gasteiger partial charge in [-0.15, -0.1) is 21.5 Å². The third-order valence-electron chi connectivity index (χ3n) is 4.10. The van der Waals surface area contributed by atoms with Gasteiger partial charge in [0.05, 0.1) is 10.6 Å². The number of aromatic nitrogens is 3. The van der Waals surface area contributed by atoms with E-state index in [0.29, 0.717) is 23.0 Å². The maximum absolute atomic E-state index is 12.3. The first-order valence-electron chi connectivity index (χ1n) is 9.32. The van der Waals surface area contributed by atoms with Crippen LogP contribution >= 0.6 is 23.1 Å². The normalized spacial score (nSPS) is 10.7. The summed E-state index contributed by atoms with van der Waals surface area (Å²) in [7, 11) is 1.89. The highest BCUT2D eigenvalue weighted by Crippen LogP contribution is 2.26. The van der Waals surface area contributed by atoms with Gasteiger partial charge in [0.2, 0.25) is 11.8 Å². The second-order valence-corrected chi connectivity index (χ2v) is 8.30. The van der Waals surface area contributed by atoms with Gasteiger partial charge in [-0.2, -0.15) is 0 Å². The van der Waals surface area contributed by atoms with Crippen molar-refractivity contribution in [3.8, 4) is 10.7 Å². The summed E-state index contributed by atoms with van der Waals surface area (Å²) in [5.41, 5.74) is 1.31. The average molecular weight is 430 g/mol. The molecule has 0 aliphatic rings. The summed E-state index contributed by atoms with van der Waals surface area (Å²) >= 11 is 2.93. The molecule has 0 bridgehead atoms. The molecular weight excluding hydrogens is 406 g/mol. The minimum Gasteiger partial charge on any atom is -0.326 e. The van der Waals surface area contributed by atoms with Gasteiger partial charge in [-0.05, 0) is 36.1 Å². The van der Waals surface area contributed by atoms with Gasteiger partial charge in [-0.3, -0.25) is 9.59 Å². The van der Waals surface area contributed by atoms with E-state index >= 15 is 0 Å². The lowest BCUT2D eigenvalue weighted by atomic mass is 10.2. The molecule has 2 aromatic heterocycles. The van der Waals surface area contributed by atoms with E-state index in [1.165, 1.54) is 11.8 Å². The first-order chi connectivity index (χ1) is 14.1. The van der Waals surface area contributed by atoms with Crippen molar-refractivity contribution in [2.75, 3.05) is 16.4 Å². The Balaban J connectivity index is 1.54. The molecule has 0 atom stereocenters. The lowest BCUT2D eigenvalue weighted by molar-refractivity contribution is -0.116. The molecule has 1 aromatic carbocycles. The van der Waals surface area contributed by atoms with Crippen LogP contribution in [0.1, 0.15) is 26.2 Å². The van der Waals surface area contributed by atoms with Gasteiger partial charge in [0.1, 0.15) is 0 Å². The van der Waals surface area contributed by atoms with Crippen LogP contribution in [0.25, 0.3) is 10.7 Å². The minimum absolute atomic E-state index is 0.0188. The Hall–Kier alpha value is -2.65. The molecule has 7 nitrogen and oxygen atoms in total. The van der Waals surface area contributed by atoms with Crippen molar-refractivity contribution in [2.45, 2.75) is 31.3 Å². The van der Waals surface area contributed by atoms with Crippen molar-refractivity contribution in [1.29, 1.82) is 0 Å². The predicted octanol–water partition coefficient (Wildman–Crippen LogP) is 4.40. The lowest BCUT2D eigenvalue weighted by Gasteiger charge is -2.09. The number of unbranched alkanes of at least 4 members (excludes halogenated alkanes) is 1. The Bertz CT molecular complexity index is 969. The third kappa shape index (κ3) is 5.91. The zero-order valence-corrected chi connectivity index (χ0v) is 18.0. The molecule has 0 aliphatic heterocycles. The molecule has 2 N–H and O–H groups in total. The van der Waals surface area contributed by atoms with E-state index in [-0.39, 0.29) is 17.6 Å². The third-order valence-corrected chi connectivity index (χ3v) is 5.98. The van der Waals surface area contributed by atoms with Crippen molar-refractivity contribution < 1.29 is 9.59 Å². The molecule has 9 heteroatoms. The number of thioether (sulfide) groups is 1. The molecular formula is C20H23N5O2S2. The summed E-state index contributed by atoms with van der Waals surface area (Å²) in [6.07, 6.45) is 2.33. The highest BCUT2D eigenvalue weighted by Gasteiger charge is 2.13. The number of rotatable bonds is 9. The molecule has 0 unspecified atom stereocenters. The summed E-state index contributed by atoms with van der Waals surface area (Å²) in [6.45, 7) is 2.05. The lowest BCUT2D eigenvalue weighted by Crippen LogP contribution is -2.15. The van der Waals surface area contributed by atoms with Gasteiger partial charge in [-0.25, -0.2) is 0 Å². The molecule has 0 radical (unpaired) electrons. The Morgan fingerprint density at radius 1 is 1.10 bits per heavy atom. The van der Waals surface area contributed by atoms with Crippen LogP contribution in [-0.4, -0.2) is 32.3 Å². The summed E-state index contributed by atoms with van der Waals surface area (Å²) in [5.74, 6) is 0.831. The molecule has 0 saturated heterocycles. The highest BCUT2D eigenvalue weighted by atomic mass is 32.2. The van der Waals surface area contributed by atoms with E-state index in [9.17, 15) is 9.59 Å². The van der Waals surface area contributed by atoms with Gasteiger partial charge in [0.25, 0.3) is 0 Å². The summed E-state index contributed by atoms with van der Waals surface area (Å²) in [4.78, 5) is 25.2. The van der Waals surface area contributed by atoms with E-state index in [1.807, 2.05) is 36.1 Å². The zero-order valence-electron chi connectivity index (χ0n) is 16.3. The van der Waals surface area contributed by atoms with Crippen molar-refractivity contribution in [3.63, 3.8) is 0 Å². The number of carbonyl (C=O) groups is 2. The van der Waals surface area contributed by atoms with Gasteiger partial charge >= 0.3 is 0 Å². The van der Waals surface area contributed by atoms with Crippen molar-refractivity contribution in [3.05, 3.63) is 41.8 Å². The smallest absolute Gasteiger partial charge is 0.234 e. The Labute approximate surface area is 177 Å². The fraction of sp³-hybridized carbons (Fsp3) is 0.300. The van der Waals surface area contributed by atoms with E-state index in [0.717, 1.165) is 23.5 Å². The van der Waals surface area contributed by atoms with E-state index in [2.05, 4.69) is 20.8 Å². The highest BCUT2D eigenvalue weighted by molar-refractivity contribution is 7.99. The van der Waals surface area contributed by atoms with E-state index in [1.54, 1.807) is 35.6 Å². The number of amides is 2. The maximum atomic E-state index is 12.3. The van der Waals surface area contributed by atoms with Gasteiger partial charge in [-0.1, -0.05) is 37.2 Å². The Kier molecular flexibility index (Phi) is 7.42. The van der Waals surface area contributed by atoms with E-state index < -0.39 is 0 Å². The molecule has 3 rings (SSSR count). The number of nitrogens with one attached hydrogen (secondary N) is 2. The summed E-state index contributed by atoms with van der Waals surface area (Å²) in [5, 5.41) is 16.8.